The van der Waals surface area contributed by atoms with Crippen LogP contribution in [0.4, 0.5) is 0 Å². The van der Waals surface area contributed by atoms with Crippen LogP contribution in [0.15, 0.2) is 18.2 Å². The second kappa shape index (κ2) is 10.8. The summed E-state index contributed by atoms with van der Waals surface area (Å²) in [6.07, 6.45) is 1.59. The first kappa shape index (κ1) is 22.1. The molecule has 0 radical (unpaired) electrons. The Morgan fingerprint density at radius 1 is 1.23 bits per heavy atom. The number of ether oxygens (including phenoxy) is 1. The fourth-order valence-electron chi connectivity index (χ4n) is 2.32. The summed E-state index contributed by atoms with van der Waals surface area (Å²) in [4.78, 5) is 2.21. The number of rotatable bonds is 5. The summed E-state index contributed by atoms with van der Waals surface area (Å²) in [7, 11) is 0. The van der Waals surface area contributed by atoms with Crippen molar-refractivity contribution in [1.29, 1.82) is 0 Å². The molecule has 22 heavy (non-hydrogen) atoms. The predicted molar refractivity (Wildman–Crippen MR) is 96.1 cm³/mol. The molecule has 0 saturated carbocycles. The maximum atomic E-state index is 9.54. The van der Waals surface area contributed by atoms with E-state index in [1.807, 2.05) is 6.07 Å². The van der Waals surface area contributed by atoms with Crippen LogP contribution in [-0.4, -0.2) is 48.4 Å². The van der Waals surface area contributed by atoms with Gasteiger partial charge in [-0.3, -0.25) is 0 Å². The molecule has 1 saturated heterocycles. The van der Waals surface area contributed by atoms with Crippen LogP contribution in [0.3, 0.4) is 0 Å². The van der Waals surface area contributed by atoms with Crippen LogP contribution in [-0.2, 0) is 0 Å². The van der Waals surface area contributed by atoms with E-state index in [1.54, 1.807) is 12.1 Å². The molecular weight excluding hydrogens is 370 g/mol. The van der Waals surface area contributed by atoms with E-state index in [1.165, 1.54) is 0 Å². The smallest absolute Gasteiger partial charge is 0.121 e. The number of benzene rings is 1. The average Bonchev–Trinajstić information content (AvgIpc) is 2.45. The van der Waals surface area contributed by atoms with Crippen molar-refractivity contribution in [3.63, 3.8) is 0 Å². The van der Waals surface area contributed by atoms with Crippen molar-refractivity contribution in [3.8, 4) is 5.75 Å². The van der Waals surface area contributed by atoms with Crippen molar-refractivity contribution in [1.82, 2.24) is 4.90 Å². The van der Waals surface area contributed by atoms with Gasteiger partial charge >= 0.3 is 0 Å². The standard InChI is InChI=1S/C14H20Cl2N2O2.2ClH/c15-13-2-1-12(7-14(13)16)20-11-3-5-18(6-4-11)9-10(19)8-17;;/h1-2,7,10-11,19H,3-6,8-9,17H2;2*1H/t10-;;/m1../s1. The molecule has 1 heterocycles. The zero-order chi connectivity index (χ0) is 14.5. The number of aliphatic hydroxyl groups excluding tert-OH is 1. The third kappa shape index (κ3) is 6.67. The minimum atomic E-state index is -0.442. The first-order valence-corrected chi connectivity index (χ1v) is 7.56. The third-order valence-electron chi connectivity index (χ3n) is 3.47. The molecule has 0 aliphatic carbocycles. The zero-order valence-electron chi connectivity index (χ0n) is 12.1. The summed E-state index contributed by atoms with van der Waals surface area (Å²) in [6.45, 7) is 2.75. The maximum Gasteiger partial charge on any atom is 0.121 e. The molecule has 8 heteroatoms. The first-order valence-electron chi connectivity index (χ1n) is 6.80. The second-order valence-corrected chi connectivity index (χ2v) is 5.90. The van der Waals surface area contributed by atoms with Gasteiger partial charge in [-0.05, 0) is 25.0 Å². The molecule has 1 atom stereocenters. The predicted octanol–water partition coefficient (Wildman–Crippen LogP) is 3.00. The van der Waals surface area contributed by atoms with E-state index in [0.717, 1.165) is 31.7 Å². The Hall–Kier alpha value is 0.0600. The van der Waals surface area contributed by atoms with Gasteiger partial charge in [0.15, 0.2) is 0 Å². The van der Waals surface area contributed by atoms with Crippen molar-refractivity contribution < 1.29 is 9.84 Å². The largest absolute Gasteiger partial charge is 0.490 e. The summed E-state index contributed by atoms with van der Waals surface area (Å²) < 4.78 is 5.91. The van der Waals surface area contributed by atoms with Crippen LogP contribution in [0.25, 0.3) is 0 Å². The molecule has 1 aliphatic heterocycles. The summed E-state index contributed by atoms with van der Waals surface area (Å²) in [5, 5.41) is 10.6. The van der Waals surface area contributed by atoms with Gasteiger partial charge in [0.25, 0.3) is 0 Å². The molecule has 0 unspecified atom stereocenters. The highest BCUT2D eigenvalue weighted by Crippen LogP contribution is 2.28. The molecule has 0 aromatic heterocycles. The Labute approximate surface area is 153 Å². The fraction of sp³-hybridized carbons (Fsp3) is 0.571. The Morgan fingerprint density at radius 3 is 2.41 bits per heavy atom. The second-order valence-electron chi connectivity index (χ2n) is 5.08. The molecule has 0 amide bonds. The molecule has 0 bridgehead atoms. The molecule has 1 fully saturated rings. The third-order valence-corrected chi connectivity index (χ3v) is 4.21. The number of hydrogen-bond acceptors (Lipinski definition) is 4. The van der Waals surface area contributed by atoms with Crippen molar-refractivity contribution in [2.24, 2.45) is 5.73 Å². The van der Waals surface area contributed by atoms with Crippen molar-refractivity contribution in [2.75, 3.05) is 26.2 Å². The number of hydrogen-bond donors (Lipinski definition) is 2. The number of halogens is 4. The number of nitrogens with two attached hydrogens (primary N) is 1. The van der Waals surface area contributed by atoms with E-state index >= 15 is 0 Å². The van der Waals surface area contributed by atoms with Gasteiger partial charge in [-0.15, -0.1) is 24.8 Å². The van der Waals surface area contributed by atoms with Gasteiger partial charge in [0.1, 0.15) is 11.9 Å². The number of likely N-dealkylation sites (tertiary alicyclic amines) is 1. The lowest BCUT2D eigenvalue weighted by Gasteiger charge is -2.33. The summed E-state index contributed by atoms with van der Waals surface area (Å²) >= 11 is 11.8. The SMILES string of the molecule is Cl.Cl.NC[C@@H](O)CN1CCC(Oc2ccc(Cl)c(Cl)c2)CC1. The van der Waals surface area contributed by atoms with Crippen LogP contribution >= 0.6 is 48.0 Å². The zero-order valence-corrected chi connectivity index (χ0v) is 15.2. The van der Waals surface area contributed by atoms with Crippen molar-refractivity contribution >= 4 is 48.0 Å². The Balaban J connectivity index is 0.00000220. The number of piperidine rings is 1. The van der Waals surface area contributed by atoms with Gasteiger partial charge in [-0.25, -0.2) is 0 Å². The van der Waals surface area contributed by atoms with Gasteiger partial charge in [-0.2, -0.15) is 0 Å². The number of aliphatic hydroxyl groups is 1. The lowest BCUT2D eigenvalue weighted by Crippen LogP contribution is -2.43. The van der Waals surface area contributed by atoms with Crippen LogP contribution in [0.1, 0.15) is 12.8 Å². The Bertz CT molecular complexity index is 443. The normalized spacial score (nSPS) is 17.3. The maximum absolute atomic E-state index is 9.54. The lowest BCUT2D eigenvalue weighted by atomic mass is 10.1. The van der Waals surface area contributed by atoms with Gasteiger partial charge in [-0.1, -0.05) is 23.2 Å². The topological polar surface area (TPSA) is 58.7 Å². The lowest BCUT2D eigenvalue weighted by molar-refractivity contribution is 0.0641. The molecule has 3 N–H and O–H groups in total. The van der Waals surface area contributed by atoms with Crippen LogP contribution in [0.5, 0.6) is 5.75 Å². The Morgan fingerprint density at radius 2 is 1.86 bits per heavy atom. The van der Waals surface area contributed by atoms with E-state index in [2.05, 4.69) is 4.90 Å². The Kier molecular flexibility index (Phi) is 10.8. The number of nitrogens with zero attached hydrogens (tertiary/aromatic N) is 1. The van der Waals surface area contributed by atoms with E-state index in [-0.39, 0.29) is 30.9 Å². The fourth-order valence-corrected chi connectivity index (χ4v) is 2.61. The molecule has 1 aromatic carbocycles. The molecule has 128 valence electrons. The van der Waals surface area contributed by atoms with Crippen LogP contribution in [0.2, 0.25) is 10.0 Å². The van der Waals surface area contributed by atoms with Gasteiger partial charge in [0.05, 0.1) is 16.1 Å². The highest BCUT2D eigenvalue weighted by Gasteiger charge is 2.22. The number of β-amino-alcohol motifs (C(OH)–C–C–N with tert-alkyl or cyclic N) is 1. The highest BCUT2D eigenvalue weighted by atomic mass is 35.5. The minimum Gasteiger partial charge on any atom is -0.490 e. The van der Waals surface area contributed by atoms with Crippen LogP contribution < -0.4 is 10.5 Å². The van der Waals surface area contributed by atoms with Gasteiger partial charge < -0.3 is 20.5 Å². The van der Waals surface area contributed by atoms with Crippen molar-refractivity contribution in [2.45, 2.75) is 25.0 Å². The molecule has 4 nitrogen and oxygen atoms in total. The molecule has 1 aromatic rings. The first-order chi connectivity index (χ1) is 9.58. The monoisotopic (exact) mass is 390 g/mol. The quantitative estimate of drug-likeness (QED) is 0.809. The van der Waals surface area contributed by atoms with Gasteiger partial charge in [0, 0.05) is 32.2 Å². The minimum absolute atomic E-state index is 0. The average molecular weight is 392 g/mol. The van der Waals surface area contributed by atoms with Crippen molar-refractivity contribution in [3.05, 3.63) is 28.2 Å². The molecule has 2 rings (SSSR count). The molecular formula is C14H22Cl4N2O2. The van der Waals surface area contributed by atoms with E-state index in [0.29, 0.717) is 23.1 Å². The summed E-state index contributed by atoms with van der Waals surface area (Å²) in [6, 6.07) is 5.32. The van der Waals surface area contributed by atoms with E-state index in [4.69, 9.17) is 33.7 Å². The van der Waals surface area contributed by atoms with Gasteiger partial charge in [0.2, 0.25) is 0 Å². The highest BCUT2D eigenvalue weighted by molar-refractivity contribution is 6.42. The molecule has 1 aliphatic rings. The summed E-state index contributed by atoms with van der Waals surface area (Å²) in [5.74, 6) is 0.750. The van der Waals surface area contributed by atoms with E-state index in [9.17, 15) is 5.11 Å². The molecule has 0 spiro atoms. The summed E-state index contributed by atoms with van der Waals surface area (Å²) in [5.41, 5.74) is 5.42. The van der Waals surface area contributed by atoms with E-state index < -0.39 is 6.10 Å². The van der Waals surface area contributed by atoms with Crippen LogP contribution in [0, 0.1) is 0 Å².